The summed E-state index contributed by atoms with van der Waals surface area (Å²) in [5.74, 6) is 2.78. The molecule has 3 aliphatic rings. The minimum Gasteiger partial charge on any atom is -0.353 e. The molecule has 0 spiro atoms. The highest BCUT2D eigenvalue weighted by Gasteiger charge is 2.50. The number of hydrogen-bond acceptors (Lipinski definition) is 2. The Bertz CT molecular complexity index is 324. The zero-order valence-corrected chi connectivity index (χ0v) is 10.7. The predicted octanol–water partition coefficient (Wildman–Crippen LogP) is 1.67. The molecule has 3 nitrogen and oxygen atoms in total. The fourth-order valence-electron chi connectivity index (χ4n) is 4.05. The van der Waals surface area contributed by atoms with Crippen molar-refractivity contribution < 1.29 is 4.79 Å². The maximum atomic E-state index is 12.1. The first-order valence-corrected chi connectivity index (χ1v) is 7.16. The molecule has 3 aliphatic carbocycles. The van der Waals surface area contributed by atoms with Gasteiger partial charge >= 0.3 is 0 Å². The molecular formula is C14H24N2O. The first kappa shape index (κ1) is 11.5. The Labute approximate surface area is 104 Å². The highest BCUT2D eigenvalue weighted by Crippen LogP contribution is 2.50. The molecule has 4 unspecified atom stereocenters. The van der Waals surface area contributed by atoms with Gasteiger partial charge in [0.15, 0.2) is 0 Å². The third kappa shape index (κ3) is 1.88. The minimum atomic E-state index is -0.189. The molecule has 96 valence electrons. The van der Waals surface area contributed by atoms with E-state index in [1.54, 1.807) is 0 Å². The van der Waals surface area contributed by atoms with Crippen LogP contribution in [0.3, 0.4) is 0 Å². The molecule has 0 heterocycles. The van der Waals surface area contributed by atoms with E-state index >= 15 is 0 Å². The van der Waals surface area contributed by atoms with Crippen LogP contribution in [0.4, 0.5) is 0 Å². The summed E-state index contributed by atoms with van der Waals surface area (Å²) >= 11 is 0. The molecule has 0 saturated heterocycles. The molecule has 3 heteroatoms. The number of nitrogens with one attached hydrogen (secondary N) is 1. The first-order valence-electron chi connectivity index (χ1n) is 7.16. The van der Waals surface area contributed by atoms with Gasteiger partial charge in [0.1, 0.15) is 0 Å². The number of carbonyl (C=O) groups is 1. The van der Waals surface area contributed by atoms with E-state index in [4.69, 9.17) is 5.73 Å². The zero-order valence-electron chi connectivity index (χ0n) is 10.7. The van der Waals surface area contributed by atoms with E-state index in [9.17, 15) is 4.79 Å². The standard InChI is InChI=1S/C14H24N2O/c1-9(12-7-10-2-3-11(12)6-10)16-13(17)14(8-15)4-5-14/h9-12H,2-8,15H2,1H3,(H,16,17). The Hall–Kier alpha value is -0.570. The van der Waals surface area contributed by atoms with E-state index in [1.807, 2.05) is 0 Å². The highest BCUT2D eigenvalue weighted by atomic mass is 16.2. The smallest absolute Gasteiger partial charge is 0.227 e. The van der Waals surface area contributed by atoms with E-state index in [2.05, 4.69) is 12.2 Å². The lowest BCUT2D eigenvalue weighted by Crippen LogP contribution is -2.45. The lowest BCUT2D eigenvalue weighted by Gasteiger charge is -2.29. The van der Waals surface area contributed by atoms with Crippen molar-refractivity contribution in [1.82, 2.24) is 5.32 Å². The van der Waals surface area contributed by atoms with Crippen molar-refractivity contribution in [3.8, 4) is 0 Å². The van der Waals surface area contributed by atoms with Crippen LogP contribution < -0.4 is 11.1 Å². The third-order valence-corrected chi connectivity index (χ3v) is 5.52. The van der Waals surface area contributed by atoms with Crippen LogP contribution in [0.2, 0.25) is 0 Å². The molecule has 3 fully saturated rings. The van der Waals surface area contributed by atoms with Crippen molar-refractivity contribution in [3.63, 3.8) is 0 Å². The number of fused-ring (bicyclic) bond motifs is 2. The Morgan fingerprint density at radius 2 is 2.18 bits per heavy atom. The van der Waals surface area contributed by atoms with Gasteiger partial charge in [0.05, 0.1) is 5.41 Å². The van der Waals surface area contributed by atoms with Crippen LogP contribution >= 0.6 is 0 Å². The van der Waals surface area contributed by atoms with Crippen LogP contribution in [0, 0.1) is 23.2 Å². The predicted molar refractivity (Wildman–Crippen MR) is 67.3 cm³/mol. The zero-order chi connectivity index (χ0) is 12.0. The molecule has 3 rings (SSSR count). The van der Waals surface area contributed by atoms with Gasteiger partial charge in [-0.2, -0.15) is 0 Å². The second-order valence-corrected chi connectivity index (χ2v) is 6.59. The van der Waals surface area contributed by atoms with E-state index in [0.717, 1.165) is 30.6 Å². The topological polar surface area (TPSA) is 55.1 Å². The van der Waals surface area contributed by atoms with Crippen molar-refractivity contribution in [2.45, 2.75) is 51.5 Å². The van der Waals surface area contributed by atoms with E-state index in [0.29, 0.717) is 12.6 Å². The molecule has 3 N–H and O–H groups in total. The summed E-state index contributed by atoms with van der Waals surface area (Å²) in [4.78, 5) is 12.1. The summed E-state index contributed by atoms with van der Waals surface area (Å²) in [6.07, 6.45) is 7.53. The Morgan fingerprint density at radius 1 is 1.41 bits per heavy atom. The molecule has 0 radical (unpaired) electrons. The lowest BCUT2D eigenvalue weighted by molar-refractivity contribution is -0.127. The summed E-state index contributed by atoms with van der Waals surface area (Å²) < 4.78 is 0. The molecule has 0 aromatic carbocycles. The Balaban J connectivity index is 1.57. The summed E-state index contributed by atoms with van der Waals surface area (Å²) in [5, 5.41) is 3.24. The minimum absolute atomic E-state index is 0.189. The van der Waals surface area contributed by atoms with Crippen LogP contribution in [0.1, 0.15) is 45.4 Å². The van der Waals surface area contributed by atoms with Gasteiger partial charge in [-0.1, -0.05) is 6.42 Å². The second-order valence-electron chi connectivity index (χ2n) is 6.59. The van der Waals surface area contributed by atoms with Crippen molar-refractivity contribution in [2.75, 3.05) is 6.54 Å². The Morgan fingerprint density at radius 3 is 2.65 bits per heavy atom. The van der Waals surface area contributed by atoms with Crippen LogP contribution in [0.15, 0.2) is 0 Å². The summed E-state index contributed by atoms with van der Waals surface area (Å²) in [6.45, 7) is 2.71. The van der Waals surface area contributed by atoms with E-state index in [-0.39, 0.29) is 11.3 Å². The van der Waals surface area contributed by atoms with Gasteiger partial charge in [-0.05, 0) is 56.8 Å². The van der Waals surface area contributed by atoms with Gasteiger partial charge in [-0.15, -0.1) is 0 Å². The first-order chi connectivity index (χ1) is 8.14. The fraction of sp³-hybridized carbons (Fsp3) is 0.929. The summed E-state index contributed by atoms with van der Waals surface area (Å²) in [7, 11) is 0. The normalized spacial score (nSPS) is 39.1. The van der Waals surface area contributed by atoms with Gasteiger partial charge in [0.25, 0.3) is 0 Å². The quantitative estimate of drug-likeness (QED) is 0.780. The largest absolute Gasteiger partial charge is 0.353 e. The van der Waals surface area contributed by atoms with Crippen molar-refractivity contribution in [1.29, 1.82) is 0 Å². The molecule has 1 amide bonds. The molecule has 0 aromatic rings. The average Bonchev–Trinajstić information content (AvgIpc) is 2.85. The molecule has 3 saturated carbocycles. The summed E-state index contributed by atoms with van der Waals surface area (Å²) in [6, 6.07) is 0.349. The Kier molecular flexibility index (Phi) is 2.69. The van der Waals surface area contributed by atoms with E-state index < -0.39 is 0 Å². The van der Waals surface area contributed by atoms with Crippen LogP contribution in [-0.4, -0.2) is 18.5 Å². The monoisotopic (exact) mass is 236 g/mol. The van der Waals surface area contributed by atoms with Crippen LogP contribution in [0.5, 0.6) is 0 Å². The van der Waals surface area contributed by atoms with Crippen molar-refractivity contribution >= 4 is 5.91 Å². The third-order valence-electron chi connectivity index (χ3n) is 5.52. The van der Waals surface area contributed by atoms with Gasteiger partial charge in [-0.25, -0.2) is 0 Å². The molecule has 17 heavy (non-hydrogen) atoms. The average molecular weight is 236 g/mol. The van der Waals surface area contributed by atoms with Crippen molar-refractivity contribution in [2.24, 2.45) is 28.9 Å². The maximum Gasteiger partial charge on any atom is 0.227 e. The number of hydrogen-bond donors (Lipinski definition) is 2. The number of rotatable bonds is 4. The number of carbonyl (C=O) groups excluding carboxylic acids is 1. The maximum absolute atomic E-state index is 12.1. The van der Waals surface area contributed by atoms with Crippen LogP contribution in [0.25, 0.3) is 0 Å². The SMILES string of the molecule is CC(NC(=O)C1(CN)CC1)C1CC2CCC1C2. The van der Waals surface area contributed by atoms with Gasteiger partial charge in [0.2, 0.25) is 5.91 Å². The van der Waals surface area contributed by atoms with Gasteiger partial charge in [0, 0.05) is 12.6 Å². The second kappa shape index (κ2) is 3.98. The molecular weight excluding hydrogens is 212 g/mol. The fourth-order valence-corrected chi connectivity index (χ4v) is 4.05. The molecule has 0 aliphatic heterocycles. The van der Waals surface area contributed by atoms with Crippen LogP contribution in [-0.2, 0) is 4.79 Å². The number of amides is 1. The molecule has 2 bridgehead atoms. The molecule has 4 atom stereocenters. The van der Waals surface area contributed by atoms with Gasteiger partial charge in [-0.3, -0.25) is 4.79 Å². The summed E-state index contributed by atoms with van der Waals surface area (Å²) in [5.41, 5.74) is 5.51. The van der Waals surface area contributed by atoms with E-state index in [1.165, 1.54) is 25.7 Å². The molecule has 0 aromatic heterocycles. The van der Waals surface area contributed by atoms with Crippen molar-refractivity contribution in [3.05, 3.63) is 0 Å². The highest BCUT2D eigenvalue weighted by molar-refractivity contribution is 5.85. The lowest BCUT2D eigenvalue weighted by atomic mass is 9.83. The van der Waals surface area contributed by atoms with Gasteiger partial charge < -0.3 is 11.1 Å². The number of nitrogens with two attached hydrogens (primary N) is 1.